The minimum atomic E-state index is -1.05. The highest BCUT2D eigenvalue weighted by molar-refractivity contribution is 8.00. The van der Waals surface area contributed by atoms with Crippen LogP contribution in [-0.4, -0.2) is 135 Å². The molecule has 6 heterocycles. The number of aromatic nitrogens is 6. The summed E-state index contributed by atoms with van der Waals surface area (Å²) in [6.07, 6.45) is 2.35. The van der Waals surface area contributed by atoms with Gasteiger partial charge in [0.2, 0.25) is 5.91 Å². The lowest BCUT2D eigenvalue weighted by Gasteiger charge is -2.30. The highest BCUT2D eigenvalue weighted by atomic mass is 32.2. The van der Waals surface area contributed by atoms with Gasteiger partial charge in [0.1, 0.15) is 36.4 Å². The molecule has 0 unspecified atom stereocenters. The van der Waals surface area contributed by atoms with E-state index in [4.69, 9.17) is 35.7 Å². The van der Waals surface area contributed by atoms with Crippen molar-refractivity contribution in [1.82, 2.24) is 49.9 Å². The van der Waals surface area contributed by atoms with Crippen LogP contribution in [0.3, 0.4) is 0 Å². The summed E-state index contributed by atoms with van der Waals surface area (Å²) in [4.78, 5) is 93.9. The van der Waals surface area contributed by atoms with E-state index in [1.165, 1.54) is 43.3 Å². The molecular weight excluding hydrogens is 1140 g/mol. The molecule has 9 atom stereocenters. The van der Waals surface area contributed by atoms with Crippen LogP contribution >= 0.6 is 34.4 Å². The Morgan fingerprint density at radius 3 is 2.24 bits per heavy atom. The smallest absolute Gasteiger partial charge is 0.407 e. The number of thiazole rings is 2. The summed E-state index contributed by atoms with van der Waals surface area (Å²) in [7, 11) is 1.68. The molecular formula is C55H72N14O12S3. The molecule has 2 saturated heterocycles. The fourth-order valence-corrected chi connectivity index (χ4v) is 11.0. The standard InChI is InChI=1S/C37H48N6O5S2.C10H13N5O4.C8H11N3O3S/c1-24(2)33(42-36(46)43(5)20-29-22-49-35(40-29)25(3)4)34(45)39-28(16-26-12-8-6-9-13-26)18-32(44)31(17-27-14-10-7-11-15-27)41-37(47)48-21-30-19-38-23-50-30;1-5-3-15(10(18)12-9(5)17)8-2-6(13-14-11)7(4-16)19-8;9-5-1-2-11(8(13)10-5)6-4-15-7(3-12)14-6/h6-15,19,22-25,28,31-33,44H,16-18,20-21H2,1-5H3,(H,39,45)(H,41,47)(H,42,46);3,6-8,16H,2,4H2,1H3,(H,12,17,18);1-2,6-7,12H,3-4H2,(H2,9,10,13)/t28-,31-,32-,33-;6-,7+,8+;6-,7+/m001/s1. The van der Waals surface area contributed by atoms with Crippen LogP contribution in [0.15, 0.2) is 116 Å². The summed E-state index contributed by atoms with van der Waals surface area (Å²) in [6.45, 7) is 9.48. The van der Waals surface area contributed by atoms with Gasteiger partial charge in [0.15, 0.2) is 0 Å². The summed E-state index contributed by atoms with van der Waals surface area (Å²) >= 11 is 4.42. The molecule has 0 aliphatic carbocycles. The number of carbonyl (C=O) groups excluding carboxylic acids is 3. The first-order valence-corrected chi connectivity index (χ1v) is 29.7. The quantitative estimate of drug-likeness (QED) is 0.0248. The first-order valence-electron chi connectivity index (χ1n) is 26.9. The van der Waals surface area contributed by atoms with Gasteiger partial charge < -0.3 is 56.1 Å². The number of carbonyl (C=O) groups is 3. The lowest BCUT2D eigenvalue weighted by Crippen LogP contribution is -2.55. The van der Waals surface area contributed by atoms with Gasteiger partial charge in [0.25, 0.3) is 5.56 Å². The molecule has 0 radical (unpaired) electrons. The number of urea groups is 1. The van der Waals surface area contributed by atoms with Crippen molar-refractivity contribution in [3.63, 3.8) is 0 Å². The third kappa shape index (κ3) is 19.8. The minimum absolute atomic E-state index is 0.0572. The SMILES string of the molecule is CC(C)c1nc(CN(C)C(=O)N[C@H](C(=O)N[C@@H](Cc2ccccc2)C[C@H](O)[C@H](Cc2ccccc2)NC(=O)OCc2cncs2)C(C)C)cs1.Cc1cn([C@H]2C[C@H](N=[N+]=[N-])[C@@H](CO)O2)c(=O)[nH]c1=O.Nc1ccn([C@H]2CS[C@@H](CO)O2)c(=O)n1. The second kappa shape index (κ2) is 32.6. The van der Waals surface area contributed by atoms with Crippen molar-refractivity contribution >= 4 is 58.3 Å². The van der Waals surface area contributed by atoms with Gasteiger partial charge in [-0.1, -0.05) is 93.5 Å². The van der Waals surface area contributed by atoms with E-state index in [0.717, 1.165) is 26.7 Å². The molecule has 26 nitrogen and oxygen atoms in total. The van der Waals surface area contributed by atoms with Crippen LogP contribution in [0.25, 0.3) is 10.4 Å². The maximum Gasteiger partial charge on any atom is 0.407 e. The normalized spacial score (nSPS) is 18.6. The third-order valence-corrected chi connectivity index (χ3v) is 16.3. The lowest BCUT2D eigenvalue weighted by atomic mass is 9.93. The number of hydrogen-bond acceptors (Lipinski definition) is 20. The van der Waals surface area contributed by atoms with Crippen molar-refractivity contribution in [2.45, 2.75) is 134 Å². The van der Waals surface area contributed by atoms with Gasteiger partial charge in [-0.15, -0.1) is 34.4 Å². The van der Waals surface area contributed by atoms with Crippen molar-refractivity contribution in [1.29, 1.82) is 0 Å². The average Bonchev–Trinajstić information content (AvgIpc) is 4.32. The van der Waals surface area contributed by atoms with Crippen LogP contribution in [0, 0.1) is 12.8 Å². The summed E-state index contributed by atoms with van der Waals surface area (Å²) in [5.74, 6) is 0.540. The maximum atomic E-state index is 13.9. The minimum Gasteiger partial charge on any atom is -0.444 e. The number of nitrogens with two attached hydrogens (primary N) is 1. The topological polar surface area (TPSA) is 369 Å². The molecule has 2 fully saturated rings. The first kappa shape index (κ1) is 65.7. The Balaban J connectivity index is 0.000000267. The summed E-state index contributed by atoms with van der Waals surface area (Å²) in [6, 6.07) is 17.8. The van der Waals surface area contributed by atoms with E-state index in [2.05, 4.69) is 59.8 Å². The molecule has 4 aromatic heterocycles. The van der Waals surface area contributed by atoms with E-state index in [1.54, 1.807) is 49.3 Å². The Labute approximate surface area is 496 Å². The molecule has 0 bridgehead atoms. The number of rotatable bonds is 22. The van der Waals surface area contributed by atoms with Crippen molar-refractivity contribution in [2.75, 3.05) is 31.7 Å². The van der Waals surface area contributed by atoms with E-state index >= 15 is 0 Å². The number of nitrogens with zero attached hydrogens (tertiary/aromatic N) is 9. The number of amides is 4. The Morgan fingerprint density at radius 2 is 1.64 bits per heavy atom. The number of ether oxygens (including phenoxy) is 3. The number of benzene rings is 2. The number of alkyl carbamates (subject to hydrolysis) is 1. The van der Waals surface area contributed by atoms with Gasteiger partial charge in [0, 0.05) is 65.6 Å². The zero-order valence-electron chi connectivity index (χ0n) is 47.3. The second-order valence-electron chi connectivity index (χ2n) is 20.4. The van der Waals surface area contributed by atoms with Gasteiger partial charge in [-0.2, -0.15) is 4.98 Å². The molecule has 2 aliphatic rings. The van der Waals surface area contributed by atoms with Crippen LogP contribution in [0.5, 0.6) is 0 Å². The molecule has 0 spiro atoms. The molecule has 8 rings (SSSR count). The number of aromatic amines is 1. The van der Waals surface area contributed by atoms with Crippen molar-refractivity contribution < 1.29 is 43.9 Å². The Kier molecular flexibility index (Phi) is 25.5. The number of aryl methyl sites for hydroxylation is 1. The number of nitrogens with one attached hydrogen (secondary N) is 4. The Bertz CT molecular complexity index is 3270. The fourth-order valence-electron chi connectivity index (χ4n) is 8.75. The highest BCUT2D eigenvalue weighted by Gasteiger charge is 2.36. The van der Waals surface area contributed by atoms with Gasteiger partial charge in [-0.05, 0) is 54.8 Å². The van der Waals surface area contributed by atoms with Crippen LogP contribution in [0.2, 0.25) is 0 Å². The van der Waals surface area contributed by atoms with E-state index in [-0.39, 0.29) is 68.0 Å². The van der Waals surface area contributed by atoms with Crippen molar-refractivity contribution in [3.05, 3.63) is 170 Å². The number of H-pyrrole nitrogens is 1. The molecule has 2 aliphatic heterocycles. The fraction of sp³-hybridized carbons (Fsp3) is 0.473. The van der Waals surface area contributed by atoms with E-state index in [0.29, 0.717) is 36.6 Å². The second-order valence-corrected chi connectivity index (χ2v) is 23.5. The molecule has 29 heteroatoms. The molecule has 4 amide bonds. The van der Waals surface area contributed by atoms with E-state index < -0.39 is 65.6 Å². The monoisotopic (exact) mass is 1220 g/mol. The van der Waals surface area contributed by atoms with Crippen LogP contribution < -0.4 is 38.6 Å². The van der Waals surface area contributed by atoms with Crippen LogP contribution in [0.1, 0.15) is 91.2 Å². The zero-order valence-corrected chi connectivity index (χ0v) is 49.7. The van der Waals surface area contributed by atoms with Gasteiger partial charge in [-0.3, -0.25) is 28.7 Å². The molecule has 0 saturated carbocycles. The van der Waals surface area contributed by atoms with E-state index in [1.807, 2.05) is 79.9 Å². The molecule has 2 aromatic carbocycles. The predicted molar refractivity (Wildman–Crippen MR) is 318 cm³/mol. The third-order valence-electron chi connectivity index (χ3n) is 13.2. The van der Waals surface area contributed by atoms with Gasteiger partial charge >= 0.3 is 23.5 Å². The zero-order chi connectivity index (χ0) is 60.9. The number of azide groups is 1. The Hall–Kier alpha value is -7.47. The largest absolute Gasteiger partial charge is 0.444 e. The molecule has 6 aromatic rings. The van der Waals surface area contributed by atoms with Gasteiger partial charge in [-0.25, -0.2) is 24.2 Å². The lowest BCUT2D eigenvalue weighted by molar-refractivity contribution is -0.124. The number of thioether (sulfide) groups is 1. The summed E-state index contributed by atoms with van der Waals surface area (Å²) in [5, 5.41) is 45.0. The highest BCUT2D eigenvalue weighted by Crippen LogP contribution is 2.31. The molecule has 452 valence electrons. The van der Waals surface area contributed by atoms with Crippen LogP contribution in [0.4, 0.5) is 15.4 Å². The Morgan fingerprint density at radius 1 is 0.940 bits per heavy atom. The number of hydrogen-bond donors (Lipinski definition) is 8. The molecule has 84 heavy (non-hydrogen) atoms. The number of aliphatic hydroxyl groups excluding tert-OH is 3. The first-order chi connectivity index (χ1) is 40.2. The summed E-state index contributed by atoms with van der Waals surface area (Å²) < 4.78 is 18.9. The molecule has 9 N–H and O–H groups in total. The van der Waals surface area contributed by atoms with Crippen molar-refractivity contribution in [2.24, 2.45) is 11.0 Å². The van der Waals surface area contributed by atoms with Crippen molar-refractivity contribution in [3.8, 4) is 0 Å². The average molecular weight is 1220 g/mol. The predicted octanol–water partition coefficient (Wildman–Crippen LogP) is 5.11. The van der Waals surface area contributed by atoms with E-state index in [9.17, 15) is 33.9 Å². The van der Waals surface area contributed by atoms with Crippen LogP contribution in [-0.2, 0) is 45.0 Å². The van der Waals surface area contributed by atoms with Gasteiger partial charge in [0.05, 0.1) is 65.1 Å². The number of anilines is 1. The summed E-state index contributed by atoms with van der Waals surface area (Å²) in [5.41, 5.74) is 16.8. The number of aliphatic hydroxyl groups is 3. The number of nitrogen functional groups attached to an aromatic ring is 1. The maximum absolute atomic E-state index is 13.9.